The van der Waals surface area contributed by atoms with E-state index >= 15 is 0 Å². The van der Waals surface area contributed by atoms with Crippen molar-refractivity contribution in [3.05, 3.63) is 28.8 Å². The van der Waals surface area contributed by atoms with Gasteiger partial charge in [-0.1, -0.05) is 81.5 Å². The van der Waals surface area contributed by atoms with E-state index in [0.29, 0.717) is 0 Å². The van der Waals surface area contributed by atoms with Gasteiger partial charge in [0.15, 0.2) is 0 Å². The fourth-order valence-corrected chi connectivity index (χ4v) is 4.54. The van der Waals surface area contributed by atoms with Crippen LogP contribution in [0.25, 0.3) is 0 Å². The molecule has 0 atom stereocenters. The van der Waals surface area contributed by atoms with E-state index in [0.717, 1.165) is 0 Å². The molecule has 1 aliphatic rings. The number of hydrogen-bond donors (Lipinski definition) is 0. The highest BCUT2D eigenvalue weighted by molar-refractivity contribution is 7.47. The molecular formula is C19H29P. The Labute approximate surface area is 126 Å². The van der Waals surface area contributed by atoms with E-state index < -0.39 is 0 Å². The van der Waals surface area contributed by atoms with Gasteiger partial charge < -0.3 is 0 Å². The molecule has 1 aromatic carbocycles. The maximum absolute atomic E-state index is 2.48. The largest absolute Gasteiger partial charge is 0.0722 e. The molecule has 0 aromatic heterocycles. The highest BCUT2D eigenvalue weighted by Crippen LogP contribution is 2.38. The summed E-state index contributed by atoms with van der Waals surface area (Å²) in [5.74, 6) is 2.44. The van der Waals surface area contributed by atoms with Crippen LogP contribution in [0.3, 0.4) is 0 Å². The molecule has 110 valence electrons. The summed E-state index contributed by atoms with van der Waals surface area (Å²) in [6.07, 6.45) is 1.18. The predicted octanol–water partition coefficient (Wildman–Crippen LogP) is 5.34. The molecule has 0 radical (unpaired) electrons. The molecule has 0 amide bonds. The van der Waals surface area contributed by atoms with Gasteiger partial charge in [-0.25, -0.2) is 0 Å². The topological polar surface area (TPSA) is 0 Å². The van der Waals surface area contributed by atoms with Gasteiger partial charge in [0.1, 0.15) is 0 Å². The molecule has 0 N–H and O–H groups in total. The minimum Gasteiger partial charge on any atom is -0.0722 e. The summed E-state index contributed by atoms with van der Waals surface area (Å²) in [5.41, 5.74) is 5.26. The van der Waals surface area contributed by atoms with Gasteiger partial charge in [-0.3, -0.25) is 0 Å². The maximum Gasteiger partial charge on any atom is 0.00898 e. The van der Waals surface area contributed by atoms with Gasteiger partial charge in [0.2, 0.25) is 0 Å². The fourth-order valence-electron chi connectivity index (χ4n) is 2.77. The summed E-state index contributed by atoms with van der Waals surface area (Å²) in [6.45, 7) is 18.7. The molecular weight excluding hydrogens is 259 g/mol. The summed E-state index contributed by atoms with van der Waals surface area (Å²) in [6, 6.07) is 4.94. The lowest BCUT2D eigenvalue weighted by atomic mass is 9.74. The van der Waals surface area contributed by atoms with Gasteiger partial charge in [0.05, 0.1) is 0 Å². The molecule has 0 saturated carbocycles. The molecule has 1 heteroatoms. The molecule has 1 heterocycles. The number of fused-ring (bicyclic) bond motifs is 1. The van der Waals surface area contributed by atoms with Crippen LogP contribution in [-0.2, 0) is 16.2 Å². The average Bonchev–Trinajstić information content (AvgIpc) is 2.24. The Morgan fingerprint density at radius 3 is 2.05 bits per heavy atom. The Hall–Kier alpha value is -0.610. The first kappa shape index (κ1) is 15.8. The second-order valence-corrected chi connectivity index (χ2v) is 9.89. The molecule has 0 bridgehead atoms. The fraction of sp³-hybridized carbons (Fsp3) is 0.632. The minimum atomic E-state index is 0.208. The van der Waals surface area contributed by atoms with Crippen molar-refractivity contribution in [3.8, 4) is 0 Å². The van der Waals surface area contributed by atoms with Crippen molar-refractivity contribution in [2.24, 2.45) is 0 Å². The Bertz CT molecular complexity index is 548. The third-order valence-corrected chi connectivity index (χ3v) is 5.44. The summed E-state index contributed by atoms with van der Waals surface area (Å²) in [5, 5.41) is 1.56. The van der Waals surface area contributed by atoms with Crippen LogP contribution in [0.15, 0.2) is 12.1 Å². The van der Waals surface area contributed by atoms with Gasteiger partial charge in [0.25, 0.3) is 0 Å². The number of rotatable bonds is 0. The molecule has 0 fully saturated rings. The zero-order valence-electron chi connectivity index (χ0n) is 14.4. The van der Waals surface area contributed by atoms with Crippen LogP contribution in [0.4, 0.5) is 0 Å². The van der Waals surface area contributed by atoms with Crippen molar-refractivity contribution >= 4 is 19.3 Å². The van der Waals surface area contributed by atoms with Crippen LogP contribution in [0, 0.1) is 0 Å². The first-order valence-electron chi connectivity index (χ1n) is 7.65. The Balaban J connectivity index is 2.80. The highest BCUT2D eigenvalue weighted by Gasteiger charge is 2.31. The monoisotopic (exact) mass is 288 g/mol. The molecule has 1 aromatic rings. The van der Waals surface area contributed by atoms with Crippen molar-refractivity contribution in [1.29, 1.82) is 0 Å². The molecule has 20 heavy (non-hydrogen) atoms. The first-order valence-corrected chi connectivity index (χ1v) is 8.61. The van der Waals surface area contributed by atoms with Crippen LogP contribution in [-0.4, -0.2) is 5.80 Å². The molecule has 1 aliphatic heterocycles. The van der Waals surface area contributed by atoms with Gasteiger partial charge >= 0.3 is 0 Å². The quantitative estimate of drug-likeness (QED) is 0.565. The van der Waals surface area contributed by atoms with Crippen molar-refractivity contribution in [1.82, 2.24) is 0 Å². The zero-order chi connectivity index (χ0) is 15.3. The highest BCUT2D eigenvalue weighted by atomic mass is 31.1. The molecule has 0 saturated heterocycles. The smallest absolute Gasteiger partial charge is 0.00898 e. The lowest BCUT2D eigenvalue weighted by Gasteiger charge is -2.35. The van der Waals surface area contributed by atoms with Crippen LogP contribution >= 0.6 is 8.20 Å². The van der Waals surface area contributed by atoms with Crippen LogP contribution < -0.4 is 5.30 Å². The van der Waals surface area contributed by atoms with Gasteiger partial charge in [-0.2, -0.15) is 0 Å². The predicted molar refractivity (Wildman–Crippen MR) is 94.1 cm³/mol. The van der Waals surface area contributed by atoms with Crippen LogP contribution in [0.5, 0.6) is 0 Å². The lowest BCUT2D eigenvalue weighted by molar-refractivity contribution is 0.538. The van der Waals surface area contributed by atoms with Crippen molar-refractivity contribution in [2.75, 3.05) is 0 Å². The van der Waals surface area contributed by atoms with Crippen LogP contribution in [0.1, 0.15) is 78.5 Å². The van der Waals surface area contributed by atoms with E-state index in [9.17, 15) is 0 Å². The van der Waals surface area contributed by atoms with Crippen molar-refractivity contribution in [3.63, 3.8) is 0 Å². The third-order valence-electron chi connectivity index (χ3n) is 4.34. The molecule has 0 unspecified atom stereocenters. The van der Waals surface area contributed by atoms with E-state index in [2.05, 4.69) is 73.3 Å². The summed E-state index contributed by atoms with van der Waals surface area (Å²) in [7, 11) is 1.40. The molecule has 0 aliphatic carbocycles. The molecule has 2 rings (SSSR count). The van der Waals surface area contributed by atoms with Gasteiger partial charge in [0, 0.05) is 5.30 Å². The van der Waals surface area contributed by atoms with E-state index in [1.807, 2.05) is 0 Å². The van der Waals surface area contributed by atoms with E-state index in [-0.39, 0.29) is 16.2 Å². The zero-order valence-corrected chi connectivity index (χ0v) is 15.3. The average molecular weight is 288 g/mol. The molecule has 0 nitrogen and oxygen atoms in total. The van der Waals surface area contributed by atoms with E-state index in [1.54, 1.807) is 10.9 Å². The first-order chi connectivity index (χ1) is 8.93. The van der Waals surface area contributed by atoms with E-state index in [1.165, 1.54) is 25.8 Å². The van der Waals surface area contributed by atoms with Crippen molar-refractivity contribution in [2.45, 2.75) is 78.1 Å². The second-order valence-electron chi connectivity index (χ2n) is 8.82. The second kappa shape index (κ2) is 4.70. The lowest BCUT2D eigenvalue weighted by Crippen LogP contribution is -2.33. The number of benzene rings is 1. The van der Waals surface area contributed by atoms with Crippen LogP contribution in [0.2, 0.25) is 0 Å². The van der Waals surface area contributed by atoms with Gasteiger partial charge in [-0.05, 0) is 39.4 Å². The third kappa shape index (κ3) is 2.86. The standard InChI is InChI=1S/C19H29P/c1-17(2,3)13-11-14(18(4,5)6)16-15(12-13)19(7,8)9-10-20-16/h10-12H,9H2,1-8H3. The van der Waals surface area contributed by atoms with E-state index in [4.69, 9.17) is 0 Å². The Kier molecular flexibility index (Phi) is 3.71. The van der Waals surface area contributed by atoms with Gasteiger partial charge in [-0.15, -0.1) is 0 Å². The SMILES string of the molecule is CC(C)(C)c1cc(C(C)(C)C)c2c(c1)C(C)(C)CC=P2. The Morgan fingerprint density at radius 1 is 0.950 bits per heavy atom. The summed E-state index contributed by atoms with van der Waals surface area (Å²) in [4.78, 5) is 0. The number of hydrogen-bond acceptors (Lipinski definition) is 0. The van der Waals surface area contributed by atoms with Crippen molar-refractivity contribution < 1.29 is 0 Å². The Morgan fingerprint density at radius 2 is 1.55 bits per heavy atom. The summed E-state index contributed by atoms with van der Waals surface area (Å²) >= 11 is 0. The summed E-state index contributed by atoms with van der Waals surface area (Å²) < 4.78 is 0. The maximum atomic E-state index is 2.48. The molecule has 0 spiro atoms. The minimum absolute atomic E-state index is 0.208. The normalized spacial score (nSPS) is 18.8.